The van der Waals surface area contributed by atoms with E-state index in [0.29, 0.717) is 18.2 Å². The second-order valence-electron chi connectivity index (χ2n) is 4.96. The Morgan fingerprint density at radius 1 is 1.28 bits per heavy atom. The smallest absolute Gasteiger partial charge is 0.225 e. The molecular weight excluding hydrogens is 292 g/mol. The summed E-state index contributed by atoms with van der Waals surface area (Å²) >= 11 is 3.30. The molecule has 0 spiro atoms. The zero-order chi connectivity index (χ0) is 12.8. The van der Waals surface area contributed by atoms with Crippen LogP contribution in [0.4, 0.5) is 5.82 Å². The first-order valence-corrected chi connectivity index (χ1v) is 7.46. The zero-order valence-corrected chi connectivity index (χ0v) is 12.1. The lowest BCUT2D eigenvalue weighted by molar-refractivity contribution is -0.117. The Balaban J connectivity index is 1.84. The fourth-order valence-corrected chi connectivity index (χ4v) is 2.85. The normalized spacial score (nSPS) is 17.2. The number of nitrogens with one attached hydrogen (secondary N) is 1. The van der Waals surface area contributed by atoms with Gasteiger partial charge in [0.2, 0.25) is 5.91 Å². The minimum atomic E-state index is 0.0903. The lowest BCUT2D eigenvalue weighted by Gasteiger charge is -2.13. The molecule has 0 bridgehead atoms. The Bertz CT molecular complexity index is 401. The number of carbonyl (C=O) groups is 1. The Morgan fingerprint density at radius 2 is 2.00 bits per heavy atom. The molecule has 0 aromatic carbocycles. The molecule has 1 fully saturated rings. The van der Waals surface area contributed by atoms with Crippen LogP contribution in [0.1, 0.15) is 44.9 Å². The van der Waals surface area contributed by atoms with E-state index in [1.165, 1.54) is 38.5 Å². The number of anilines is 1. The Hall–Kier alpha value is -0.900. The standard InChI is InChI=1S/C14H19BrN2O/c15-12-8-5-9-13(16-12)17-14(18)10-11-6-3-1-2-4-7-11/h5,8-9,11H,1-4,6-7,10H2,(H,16,17,18). The van der Waals surface area contributed by atoms with Crippen LogP contribution >= 0.6 is 15.9 Å². The van der Waals surface area contributed by atoms with Crippen molar-refractivity contribution in [2.24, 2.45) is 5.92 Å². The number of aromatic nitrogens is 1. The predicted molar refractivity (Wildman–Crippen MR) is 76.4 cm³/mol. The van der Waals surface area contributed by atoms with E-state index in [2.05, 4.69) is 26.2 Å². The quantitative estimate of drug-likeness (QED) is 0.673. The first-order chi connectivity index (χ1) is 8.74. The maximum absolute atomic E-state index is 11.9. The van der Waals surface area contributed by atoms with Crippen LogP contribution in [0.25, 0.3) is 0 Å². The highest BCUT2D eigenvalue weighted by Crippen LogP contribution is 2.25. The van der Waals surface area contributed by atoms with Crippen molar-refractivity contribution in [3.63, 3.8) is 0 Å². The molecule has 1 aromatic rings. The SMILES string of the molecule is O=C(CC1CCCCCC1)Nc1cccc(Br)n1. The first kappa shape index (κ1) is 13.5. The summed E-state index contributed by atoms with van der Waals surface area (Å²) in [5, 5.41) is 2.87. The molecule has 1 aliphatic rings. The number of halogens is 1. The molecule has 1 aromatic heterocycles. The van der Waals surface area contributed by atoms with Crippen molar-refractivity contribution in [3.8, 4) is 0 Å². The summed E-state index contributed by atoms with van der Waals surface area (Å²) in [5.41, 5.74) is 0. The summed E-state index contributed by atoms with van der Waals surface area (Å²) in [7, 11) is 0. The number of hydrogen-bond donors (Lipinski definition) is 1. The number of nitrogens with zero attached hydrogens (tertiary/aromatic N) is 1. The summed E-state index contributed by atoms with van der Waals surface area (Å²) in [4.78, 5) is 16.1. The van der Waals surface area contributed by atoms with Gasteiger partial charge in [0, 0.05) is 6.42 Å². The van der Waals surface area contributed by atoms with Gasteiger partial charge in [-0.1, -0.05) is 31.7 Å². The highest BCUT2D eigenvalue weighted by atomic mass is 79.9. The van der Waals surface area contributed by atoms with Gasteiger partial charge < -0.3 is 5.32 Å². The van der Waals surface area contributed by atoms with Crippen molar-refractivity contribution in [3.05, 3.63) is 22.8 Å². The molecule has 4 heteroatoms. The highest BCUT2D eigenvalue weighted by molar-refractivity contribution is 9.10. The van der Waals surface area contributed by atoms with Crippen LogP contribution in [0.15, 0.2) is 22.8 Å². The molecule has 2 rings (SSSR count). The molecule has 18 heavy (non-hydrogen) atoms. The van der Waals surface area contributed by atoms with E-state index in [1.54, 1.807) is 0 Å². The van der Waals surface area contributed by atoms with Crippen molar-refractivity contribution in [2.45, 2.75) is 44.9 Å². The monoisotopic (exact) mass is 310 g/mol. The lowest BCUT2D eigenvalue weighted by atomic mass is 9.96. The first-order valence-electron chi connectivity index (χ1n) is 6.66. The van der Waals surface area contributed by atoms with E-state index in [4.69, 9.17) is 0 Å². The number of carbonyl (C=O) groups excluding carboxylic acids is 1. The summed E-state index contributed by atoms with van der Waals surface area (Å²) in [6.07, 6.45) is 8.21. The number of amides is 1. The summed E-state index contributed by atoms with van der Waals surface area (Å²) < 4.78 is 0.745. The van der Waals surface area contributed by atoms with E-state index < -0.39 is 0 Å². The van der Waals surface area contributed by atoms with Gasteiger partial charge >= 0.3 is 0 Å². The van der Waals surface area contributed by atoms with Gasteiger partial charge in [0.25, 0.3) is 0 Å². The van der Waals surface area contributed by atoms with Crippen LogP contribution in [0, 0.1) is 5.92 Å². The molecule has 1 amide bonds. The Kier molecular flexibility index (Phi) is 5.17. The van der Waals surface area contributed by atoms with Gasteiger partial charge in [-0.15, -0.1) is 0 Å². The molecule has 1 saturated carbocycles. The van der Waals surface area contributed by atoms with Crippen LogP contribution in [-0.4, -0.2) is 10.9 Å². The van der Waals surface area contributed by atoms with Gasteiger partial charge in [0.15, 0.2) is 0 Å². The molecule has 1 heterocycles. The highest BCUT2D eigenvalue weighted by Gasteiger charge is 2.16. The van der Waals surface area contributed by atoms with Crippen LogP contribution in [0.5, 0.6) is 0 Å². The van der Waals surface area contributed by atoms with Crippen LogP contribution < -0.4 is 5.32 Å². The van der Waals surface area contributed by atoms with Gasteiger partial charge in [-0.25, -0.2) is 4.98 Å². The Morgan fingerprint density at radius 3 is 2.67 bits per heavy atom. The van der Waals surface area contributed by atoms with Crippen molar-refractivity contribution >= 4 is 27.7 Å². The predicted octanol–water partition coefficient (Wildman–Crippen LogP) is 4.14. The third-order valence-corrected chi connectivity index (χ3v) is 3.87. The van der Waals surface area contributed by atoms with Gasteiger partial charge in [-0.3, -0.25) is 4.79 Å². The van der Waals surface area contributed by atoms with Gasteiger partial charge in [0.1, 0.15) is 10.4 Å². The van der Waals surface area contributed by atoms with E-state index in [-0.39, 0.29) is 5.91 Å². The fraction of sp³-hybridized carbons (Fsp3) is 0.571. The average Bonchev–Trinajstić information content (AvgIpc) is 2.57. The molecule has 1 aliphatic carbocycles. The van der Waals surface area contributed by atoms with E-state index in [1.807, 2.05) is 18.2 Å². The van der Waals surface area contributed by atoms with Crippen molar-refractivity contribution in [1.82, 2.24) is 4.98 Å². The van der Waals surface area contributed by atoms with E-state index >= 15 is 0 Å². The maximum atomic E-state index is 11.9. The van der Waals surface area contributed by atoms with Gasteiger partial charge in [0.05, 0.1) is 0 Å². The second-order valence-corrected chi connectivity index (χ2v) is 5.77. The summed E-state index contributed by atoms with van der Waals surface area (Å²) in [6, 6.07) is 5.54. The number of rotatable bonds is 3. The average molecular weight is 311 g/mol. The van der Waals surface area contributed by atoms with Crippen LogP contribution in [-0.2, 0) is 4.79 Å². The third-order valence-electron chi connectivity index (χ3n) is 3.43. The molecule has 0 radical (unpaired) electrons. The molecule has 0 atom stereocenters. The van der Waals surface area contributed by atoms with Crippen molar-refractivity contribution in [2.75, 3.05) is 5.32 Å². The lowest BCUT2D eigenvalue weighted by Crippen LogP contribution is -2.17. The minimum absolute atomic E-state index is 0.0903. The molecule has 98 valence electrons. The largest absolute Gasteiger partial charge is 0.311 e. The Labute approximate surface area is 117 Å². The van der Waals surface area contributed by atoms with Gasteiger partial charge in [-0.2, -0.15) is 0 Å². The number of pyridine rings is 1. The van der Waals surface area contributed by atoms with Gasteiger partial charge in [-0.05, 0) is 46.8 Å². The minimum Gasteiger partial charge on any atom is -0.311 e. The van der Waals surface area contributed by atoms with E-state index in [0.717, 1.165) is 4.60 Å². The van der Waals surface area contributed by atoms with Crippen molar-refractivity contribution < 1.29 is 4.79 Å². The summed E-state index contributed by atoms with van der Waals surface area (Å²) in [6.45, 7) is 0. The molecule has 3 nitrogen and oxygen atoms in total. The van der Waals surface area contributed by atoms with Crippen LogP contribution in [0.2, 0.25) is 0 Å². The zero-order valence-electron chi connectivity index (χ0n) is 10.5. The number of hydrogen-bond acceptors (Lipinski definition) is 2. The third kappa shape index (κ3) is 4.41. The molecule has 0 saturated heterocycles. The summed E-state index contributed by atoms with van der Waals surface area (Å²) in [5.74, 6) is 1.27. The second kappa shape index (κ2) is 6.88. The maximum Gasteiger partial charge on any atom is 0.225 e. The molecule has 0 unspecified atom stereocenters. The van der Waals surface area contributed by atoms with Crippen LogP contribution in [0.3, 0.4) is 0 Å². The van der Waals surface area contributed by atoms with E-state index in [9.17, 15) is 4.79 Å². The van der Waals surface area contributed by atoms with Crippen molar-refractivity contribution in [1.29, 1.82) is 0 Å². The molecular formula is C14H19BrN2O. The fourth-order valence-electron chi connectivity index (χ4n) is 2.50. The molecule has 0 aliphatic heterocycles. The molecule has 1 N–H and O–H groups in total. The topological polar surface area (TPSA) is 42.0 Å².